The number of hydrogen-bond donors (Lipinski definition) is 0. The second-order valence-corrected chi connectivity index (χ2v) is 4.29. The predicted octanol–water partition coefficient (Wildman–Crippen LogP) is 2.32. The fraction of sp³-hybridized carbons (Fsp3) is 0.462. The van der Waals surface area contributed by atoms with Crippen molar-refractivity contribution in [2.24, 2.45) is 0 Å². The van der Waals surface area contributed by atoms with E-state index in [4.69, 9.17) is 9.47 Å². The maximum Gasteiger partial charge on any atom is 0.270 e. The zero-order chi connectivity index (χ0) is 13.7. The van der Waals surface area contributed by atoms with Crippen LogP contribution in [0.15, 0.2) is 24.3 Å². The first-order valence-electron chi connectivity index (χ1n) is 6.17. The molecule has 1 saturated heterocycles. The third-order valence-electron chi connectivity index (χ3n) is 2.88. The van der Waals surface area contributed by atoms with Crippen LogP contribution < -0.4 is 0 Å². The molecule has 2 rings (SSSR count). The molecule has 1 fully saturated rings. The maximum atomic E-state index is 11.9. The van der Waals surface area contributed by atoms with E-state index in [2.05, 4.69) is 0 Å². The summed E-state index contributed by atoms with van der Waals surface area (Å²) in [7, 11) is 0. The molecule has 0 amide bonds. The van der Waals surface area contributed by atoms with Gasteiger partial charge in [-0.25, -0.2) is 0 Å². The van der Waals surface area contributed by atoms with E-state index < -0.39 is 4.92 Å². The van der Waals surface area contributed by atoms with E-state index in [1.807, 2.05) is 0 Å². The molecule has 0 unspecified atom stereocenters. The topological polar surface area (TPSA) is 78.7 Å². The number of benzene rings is 1. The number of carbonyl (C=O) groups is 1. The highest BCUT2D eigenvalue weighted by atomic mass is 16.7. The number of rotatable bonds is 5. The standard InChI is InChI=1S/C13H15NO5/c15-12(5-6-13-18-7-2-8-19-13)10-3-1-4-11(9-10)14(16)17/h1,3-4,9,13H,2,5-8H2. The Morgan fingerprint density at radius 2 is 2.11 bits per heavy atom. The summed E-state index contributed by atoms with van der Waals surface area (Å²) >= 11 is 0. The first-order valence-corrected chi connectivity index (χ1v) is 6.17. The molecule has 0 spiro atoms. The van der Waals surface area contributed by atoms with E-state index in [0.717, 1.165) is 6.42 Å². The summed E-state index contributed by atoms with van der Waals surface area (Å²) in [6, 6.07) is 5.76. The summed E-state index contributed by atoms with van der Waals surface area (Å²) in [6.07, 6.45) is 1.26. The Kier molecular flexibility index (Phi) is 4.59. The smallest absolute Gasteiger partial charge is 0.270 e. The van der Waals surface area contributed by atoms with Gasteiger partial charge in [0.25, 0.3) is 5.69 Å². The van der Waals surface area contributed by atoms with Gasteiger partial charge in [0.05, 0.1) is 18.1 Å². The highest BCUT2D eigenvalue weighted by molar-refractivity contribution is 5.96. The Hall–Kier alpha value is -1.79. The molecule has 102 valence electrons. The van der Waals surface area contributed by atoms with E-state index in [-0.39, 0.29) is 24.2 Å². The lowest BCUT2D eigenvalue weighted by molar-refractivity contribution is -0.384. The van der Waals surface area contributed by atoms with Gasteiger partial charge in [-0.05, 0) is 6.42 Å². The van der Waals surface area contributed by atoms with Crippen LogP contribution in [-0.4, -0.2) is 30.2 Å². The summed E-state index contributed by atoms with van der Waals surface area (Å²) in [4.78, 5) is 22.1. The number of carbonyl (C=O) groups excluding carboxylic acids is 1. The molecule has 1 aliphatic rings. The summed E-state index contributed by atoms with van der Waals surface area (Å²) in [5.74, 6) is -0.138. The first-order chi connectivity index (χ1) is 9.16. The molecule has 0 radical (unpaired) electrons. The molecule has 1 aliphatic heterocycles. The van der Waals surface area contributed by atoms with Crippen molar-refractivity contribution < 1.29 is 19.2 Å². The van der Waals surface area contributed by atoms with Crippen LogP contribution in [-0.2, 0) is 9.47 Å². The summed E-state index contributed by atoms with van der Waals surface area (Å²) in [6.45, 7) is 1.30. The Labute approximate surface area is 110 Å². The van der Waals surface area contributed by atoms with Gasteiger partial charge in [-0.3, -0.25) is 14.9 Å². The van der Waals surface area contributed by atoms with Crippen molar-refractivity contribution in [3.63, 3.8) is 0 Å². The van der Waals surface area contributed by atoms with E-state index in [9.17, 15) is 14.9 Å². The third-order valence-corrected chi connectivity index (χ3v) is 2.88. The molecule has 0 aliphatic carbocycles. The second kappa shape index (κ2) is 6.40. The molecule has 0 aromatic heterocycles. The molecule has 19 heavy (non-hydrogen) atoms. The number of nitrogens with zero attached hydrogens (tertiary/aromatic N) is 1. The van der Waals surface area contributed by atoms with Gasteiger partial charge in [0.15, 0.2) is 12.1 Å². The molecule has 0 N–H and O–H groups in total. The van der Waals surface area contributed by atoms with Crippen molar-refractivity contribution in [1.82, 2.24) is 0 Å². The van der Waals surface area contributed by atoms with Gasteiger partial charge < -0.3 is 9.47 Å². The SMILES string of the molecule is O=C(CCC1OCCCO1)c1cccc([N+](=O)[O-])c1. The van der Waals surface area contributed by atoms with Gasteiger partial charge in [0.2, 0.25) is 0 Å². The largest absolute Gasteiger partial charge is 0.353 e. The number of ketones is 1. The lowest BCUT2D eigenvalue weighted by atomic mass is 10.1. The summed E-state index contributed by atoms with van der Waals surface area (Å²) in [5, 5.41) is 10.6. The average Bonchev–Trinajstić information content (AvgIpc) is 2.46. The van der Waals surface area contributed by atoms with Gasteiger partial charge in [0.1, 0.15) is 0 Å². The van der Waals surface area contributed by atoms with Gasteiger partial charge >= 0.3 is 0 Å². The highest BCUT2D eigenvalue weighted by Crippen LogP contribution is 2.17. The van der Waals surface area contributed by atoms with Crippen LogP contribution in [0.4, 0.5) is 5.69 Å². The Morgan fingerprint density at radius 3 is 2.79 bits per heavy atom. The quantitative estimate of drug-likeness (QED) is 0.463. The molecule has 0 saturated carbocycles. The minimum atomic E-state index is -0.510. The fourth-order valence-corrected chi connectivity index (χ4v) is 1.89. The Balaban J connectivity index is 1.92. The summed E-state index contributed by atoms with van der Waals surface area (Å²) in [5.41, 5.74) is 0.279. The van der Waals surface area contributed by atoms with Crippen molar-refractivity contribution in [3.05, 3.63) is 39.9 Å². The van der Waals surface area contributed by atoms with Gasteiger partial charge in [0, 0.05) is 30.5 Å². The van der Waals surface area contributed by atoms with Crippen LogP contribution >= 0.6 is 0 Å². The molecule has 1 aromatic carbocycles. The molecule has 0 bridgehead atoms. The first kappa shape index (κ1) is 13.6. The van der Waals surface area contributed by atoms with Crippen LogP contribution in [0.25, 0.3) is 0 Å². The zero-order valence-corrected chi connectivity index (χ0v) is 10.4. The van der Waals surface area contributed by atoms with Crippen LogP contribution in [0, 0.1) is 10.1 Å². The molecule has 1 heterocycles. The number of non-ortho nitro benzene ring substituents is 1. The number of nitro benzene ring substituents is 1. The lowest BCUT2D eigenvalue weighted by Crippen LogP contribution is -2.25. The van der Waals surface area contributed by atoms with Crippen molar-refractivity contribution in [2.75, 3.05) is 13.2 Å². The van der Waals surface area contributed by atoms with E-state index in [1.54, 1.807) is 6.07 Å². The fourth-order valence-electron chi connectivity index (χ4n) is 1.89. The lowest BCUT2D eigenvalue weighted by Gasteiger charge is -2.22. The van der Waals surface area contributed by atoms with Gasteiger partial charge in [-0.1, -0.05) is 12.1 Å². The third kappa shape index (κ3) is 3.84. The van der Waals surface area contributed by atoms with Gasteiger partial charge in [-0.2, -0.15) is 0 Å². The minimum Gasteiger partial charge on any atom is -0.353 e. The second-order valence-electron chi connectivity index (χ2n) is 4.29. The molecule has 0 atom stereocenters. The average molecular weight is 265 g/mol. The minimum absolute atomic E-state index is 0.0731. The van der Waals surface area contributed by atoms with Crippen LogP contribution in [0.3, 0.4) is 0 Å². The predicted molar refractivity (Wildman–Crippen MR) is 67.0 cm³/mol. The van der Waals surface area contributed by atoms with Crippen molar-refractivity contribution in [3.8, 4) is 0 Å². The normalized spacial score (nSPS) is 16.2. The van der Waals surface area contributed by atoms with E-state index >= 15 is 0 Å². The summed E-state index contributed by atoms with van der Waals surface area (Å²) < 4.78 is 10.7. The van der Waals surface area contributed by atoms with Crippen LogP contribution in [0.1, 0.15) is 29.6 Å². The molecule has 1 aromatic rings. The van der Waals surface area contributed by atoms with Gasteiger partial charge in [-0.15, -0.1) is 0 Å². The van der Waals surface area contributed by atoms with Crippen LogP contribution in [0.2, 0.25) is 0 Å². The molecular formula is C13H15NO5. The Bertz CT molecular complexity index is 468. The number of Topliss-reactive ketones (excluding diaryl/α,β-unsaturated/α-hetero) is 1. The molecular weight excluding hydrogens is 250 g/mol. The highest BCUT2D eigenvalue weighted by Gasteiger charge is 2.17. The Morgan fingerprint density at radius 1 is 1.37 bits per heavy atom. The van der Waals surface area contributed by atoms with E-state index in [0.29, 0.717) is 25.2 Å². The van der Waals surface area contributed by atoms with Crippen molar-refractivity contribution in [2.45, 2.75) is 25.6 Å². The van der Waals surface area contributed by atoms with Crippen molar-refractivity contribution >= 4 is 11.5 Å². The monoisotopic (exact) mass is 265 g/mol. The van der Waals surface area contributed by atoms with E-state index in [1.165, 1.54) is 18.2 Å². The number of ether oxygens (including phenoxy) is 2. The number of nitro groups is 1. The van der Waals surface area contributed by atoms with Crippen molar-refractivity contribution in [1.29, 1.82) is 0 Å². The number of hydrogen-bond acceptors (Lipinski definition) is 5. The molecule has 6 nitrogen and oxygen atoms in total. The molecule has 6 heteroatoms. The maximum absolute atomic E-state index is 11.9. The zero-order valence-electron chi connectivity index (χ0n) is 10.4. The van der Waals surface area contributed by atoms with Crippen LogP contribution in [0.5, 0.6) is 0 Å².